The van der Waals surface area contributed by atoms with Crippen LogP contribution in [0.1, 0.15) is 26.2 Å². The Balaban J connectivity index is 1.94. The first kappa shape index (κ1) is 11.0. The van der Waals surface area contributed by atoms with Gasteiger partial charge in [0.1, 0.15) is 5.82 Å². The molecule has 0 atom stereocenters. The maximum absolute atomic E-state index is 5.75. The Labute approximate surface area is 96.2 Å². The molecule has 0 radical (unpaired) electrons. The number of nitrogens with two attached hydrogens (primary N) is 1. The SMILES string of the molecule is CCOc1nc(NCC2CCC2)ccc1N. The summed E-state index contributed by atoms with van der Waals surface area (Å²) in [5.41, 5.74) is 6.35. The van der Waals surface area contributed by atoms with E-state index in [2.05, 4.69) is 10.3 Å². The number of nitrogens with one attached hydrogen (secondary N) is 1. The van der Waals surface area contributed by atoms with Crippen LogP contribution in [0.25, 0.3) is 0 Å². The maximum Gasteiger partial charge on any atom is 0.239 e. The normalized spacial score (nSPS) is 15.6. The molecular formula is C12H19N3O. The second-order valence-corrected chi connectivity index (χ2v) is 4.20. The summed E-state index contributed by atoms with van der Waals surface area (Å²) in [7, 11) is 0. The third-order valence-electron chi connectivity index (χ3n) is 2.97. The van der Waals surface area contributed by atoms with Crippen LogP contribution in [-0.4, -0.2) is 18.1 Å². The highest BCUT2D eigenvalue weighted by atomic mass is 16.5. The molecule has 1 aliphatic carbocycles. The molecule has 0 aromatic carbocycles. The molecule has 2 rings (SSSR count). The lowest BCUT2D eigenvalue weighted by molar-refractivity contribution is 0.327. The average molecular weight is 221 g/mol. The monoisotopic (exact) mass is 221 g/mol. The molecule has 1 heterocycles. The van der Waals surface area contributed by atoms with Gasteiger partial charge in [-0.1, -0.05) is 6.42 Å². The van der Waals surface area contributed by atoms with Crippen LogP contribution in [0.3, 0.4) is 0 Å². The van der Waals surface area contributed by atoms with Crippen LogP contribution >= 0.6 is 0 Å². The molecule has 0 saturated heterocycles. The van der Waals surface area contributed by atoms with Crippen molar-refractivity contribution in [3.05, 3.63) is 12.1 Å². The van der Waals surface area contributed by atoms with Crippen molar-refractivity contribution in [3.8, 4) is 5.88 Å². The van der Waals surface area contributed by atoms with Crippen molar-refractivity contribution >= 4 is 11.5 Å². The first-order valence-corrected chi connectivity index (χ1v) is 5.92. The van der Waals surface area contributed by atoms with Gasteiger partial charge < -0.3 is 15.8 Å². The van der Waals surface area contributed by atoms with E-state index in [0.717, 1.165) is 18.3 Å². The topological polar surface area (TPSA) is 60.2 Å². The zero-order chi connectivity index (χ0) is 11.4. The second-order valence-electron chi connectivity index (χ2n) is 4.20. The van der Waals surface area contributed by atoms with Gasteiger partial charge in [0.2, 0.25) is 5.88 Å². The van der Waals surface area contributed by atoms with Gasteiger partial charge in [-0.3, -0.25) is 0 Å². The predicted molar refractivity (Wildman–Crippen MR) is 65.6 cm³/mol. The summed E-state index contributed by atoms with van der Waals surface area (Å²) in [6, 6.07) is 3.73. The van der Waals surface area contributed by atoms with Crippen LogP contribution in [-0.2, 0) is 0 Å². The number of rotatable bonds is 5. The van der Waals surface area contributed by atoms with Gasteiger partial charge in [-0.05, 0) is 37.8 Å². The van der Waals surface area contributed by atoms with E-state index < -0.39 is 0 Å². The molecule has 1 aromatic rings. The van der Waals surface area contributed by atoms with Crippen molar-refractivity contribution in [2.75, 3.05) is 24.2 Å². The molecule has 0 amide bonds. The molecule has 1 fully saturated rings. The number of pyridine rings is 1. The summed E-state index contributed by atoms with van der Waals surface area (Å²) >= 11 is 0. The van der Waals surface area contributed by atoms with Gasteiger partial charge in [0, 0.05) is 6.54 Å². The molecule has 4 heteroatoms. The van der Waals surface area contributed by atoms with Gasteiger partial charge in [0.25, 0.3) is 0 Å². The van der Waals surface area contributed by atoms with E-state index in [9.17, 15) is 0 Å². The molecular weight excluding hydrogens is 202 g/mol. The third kappa shape index (κ3) is 2.56. The molecule has 1 aromatic heterocycles. The van der Waals surface area contributed by atoms with Crippen molar-refractivity contribution < 1.29 is 4.74 Å². The first-order chi connectivity index (χ1) is 7.79. The minimum Gasteiger partial charge on any atom is -0.476 e. The van der Waals surface area contributed by atoms with E-state index in [1.165, 1.54) is 19.3 Å². The summed E-state index contributed by atoms with van der Waals surface area (Å²) in [6.45, 7) is 3.52. The smallest absolute Gasteiger partial charge is 0.239 e. The Hall–Kier alpha value is -1.45. The fraction of sp³-hybridized carbons (Fsp3) is 0.583. The van der Waals surface area contributed by atoms with E-state index in [1.807, 2.05) is 19.1 Å². The molecule has 0 spiro atoms. The lowest BCUT2D eigenvalue weighted by Gasteiger charge is -2.25. The second kappa shape index (κ2) is 5.05. The summed E-state index contributed by atoms with van der Waals surface area (Å²) in [5.74, 6) is 2.19. The van der Waals surface area contributed by atoms with Crippen molar-refractivity contribution in [2.45, 2.75) is 26.2 Å². The Morgan fingerprint density at radius 3 is 2.94 bits per heavy atom. The number of hydrogen-bond donors (Lipinski definition) is 2. The highest BCUT2D eigenvalue weighted by molar-refractivity contribution is 5.53. The van der Waals surface area contributed by atoms with Gasteiger partial charge in [-0.2, -0.15) is 4.98 Å². The Morgan fingerprint density at radius 2 is 2.31 bits per heavy atom. The van der Waals surface area contributed by atoms with Gasteiger partial charge in [-0.25, -0.2) is 0 Å². The van der Waals surface area contributed by atoms with Crippen molar-refractivity contribution in [2.24, 2.45) is 5.92 Å². The molecule has 1 aliphatic rings. The number of aromatic nitrogens is 1. The van der Waals surface area contributed by atoms with Crippen molar-refractivity contribution in [1.82, 2.24) is 4.98 Å². The van der Waals surface area contributed by atoms with Crippen LogP contribution in [0.2, 0.25) is 0 Å². The minimum absolute atomic E-state index is 0.529. The molecule has 3 N–H and O–H groups in total. The van der Waals surface area contributed by atoms with E-state index in [4.69, 9.17) is 10.5 Å². The Kier molecular flexibility index (Phi) is 3.49. The van der Waals surface area contributed by atoms with Crippen LogP contribution in [0.15, 0.2) is 12.1 Å². The molecule has 16 heavy (non-hydrogen) atoms. The molecule has 0 aliphatic heterocycles. The number of anilines is 2. The minimum atomic E-state index is 0.529. The fourth-order valence-corrected chi connectivity index (χ4v) is 1.75. The van der Waals surface area contributed by atoms with E-state index in [1.54, 1.807) is 0 Å². The Morgan fingerprint density at radius 1 is 1.50 bits per heavy atom. The highest BCUT2D eigenvalue weighted by Gasteiger charge is 2.17. The van der Waals surface area contributed by atoms with Gasteiger partial charge >= 0.3 is 0 Å². The lowest BCUT2D eigenvalue weighted by Crippen LogP contribution is -2.21. The molecule has 1 saturated carbocycles. The molecule has 4 nitrogen and oxygen atoms in total. The predicted octanol–water partition coefficient (Wildman–Crippen LogP) is 2.27. The van der Waals surface area contributed by atoms with Crippen LogP contribution in [0.5, 0.6) is 5.88 Å². The maximum atomic E-state index is 5.75. The lowest BCUT2D eigenvalue weighted by atomic mass is 9.85. The summed E-state index contributed by atoms with van der Waals surface area (Å²) in [4.78, 5) is 4.33. The number of nitrogen functional groups attached to an aromatic ring is 1. The number of ether oxygens (including phenoxy) is 1. The van der Waals surface area contributed by atoms with Crippen molar-refractivity contribution in [1.29, 1.82) is 0 Å². The Bertz CT molecular complexity index is 350. The van der Waals surface area contributed by atoms with E-state index in [-0.39, 0.29) is 0 Å². The molecule has 0 bridgehead atoms. The number of nitrogens with zero attached hydrogens (tertiary/aromatic N) is 1. The van der Waals surface area contributed by atoms with Gasteiger partial charge in [-0.15, -0.1) is 0 Å². The van der Waals surface area contributed by atoms with E-state index in [0.29, 0.717) is 18.2 Å². The molecule has 0 unspecified atom stereocenters. The zero-order valence-electron chi connectivity index (χ0n) is 9.70. The fourth-order valence-electron chi connectivity index (χ4n) is 1.75. The third-order valence-corrected chi connectivity index (χ3v) is 2.97. The number of hydrogen-bond acceptors (Lipinski definition) is 4. The summed E-state index contributed by atoms with van der Waals surface area (Å²) in [5, 5.41) is 3.33. The van der Waals surface area contributed by atoms with Crippen molar-refractivity contribution in [3.63, 3.8) is 0 Å². The largest absolute Gasteiger partial charge is 0.476 e. The molecule has 88 valence electrons. The van der Waals surface area contributed by atoms with Crippen LogP contribution < -0.4 is 15.8 Å². The summed E-state index contributed by atoms with van der Waals surface area (Å²) < 4.78 is 5.35. The first-order valence-electron chi connectivity index (χ1n) is 5.92. The standard InChI is InChI=1S/C12H19N3O/c1-2-16-12-10(13)6-7-11(15-12)14-8-9-4-3-5-9/h6-7,9H,2-5,8,13H2,1H3,(H,14,15). The highest BCUT2D eigenvalue weighted by Crippen LogP contribution is 2.27. The van der Waals surface area contributed by atoms with Crippen LogP contribution in [0.4, 0.5) is 11.5 Å². The van der Waals surface area contributed by atoms with E-state index >= 15 is 0 Å². The summed E-state index contributed by atoms with van der Waals surface area (Å²) in [6.07, 6.45) is 4.03. The zero-order valence-corrected chi connectivity index (χ0v) is 9.70. The van der Waals surface area contributed by atoms with Crippen LogP contribution in [0, 0.1) is 5.92 Å². The quantitative estimate of drug-likeness (QED) is 0.800. The van der Waals surface area contributed by atoms with Gasteiger partial charge in [0.15, 0.2) is 0 Å². The van der Waals surface area contributed by atoms with Gasteiger partial charge in [0.05, 0.1) is 12.3 Å². The average Bonchev–Trinajstić information content (AvgIpc) is 2.21.